The number of fused-ring (bicyclic) bond motifs is 2. The van der Waals surface area contributed by atoms with Crippen molar-refractivity contribution in [3.05, 3.63) is 0 Å². The van der Waals surface area contributed by atoms with Crippen molar-refractivity contribution in [3.8, 4) is 0 Å². The lowest BCUT2D eigenvalue weighted by Crippen LogP contribution is -2.46. The summed E-state index contributed by atoms with van der Waals surface area (Å²) in [5, 5.41) is 0. The van der Waals surface area contributed by atoms with Gasteiger partial charge in [0, 0.05) is 24.4 Å². The number of hydrogen-bond donors (Lipinski definition) is 0. The Morgan fingerprint density at radius 2 is 1.84 bits per heavy atom. The molecule has 0 heterocycles. The summed E-state index contributed by atoms with van der Waals surface area (Å²) in [6, 6.07) is 0.485. The van der Waals surface area contributed by atoms with Crippen LogP contribution in [0.3, 0.4) is 0 Å². The summed E-state index contributed by atoms with van der Waals surface area (Å²) in [5.41, 5.74) is 0. The van der Waals surface area contributed by atoms with Crippen molar-refractivity contribution in [3.63, 3.8) is 0 Å². The molecule has 3 heteroatoms. The summed E-state index contributed by atoms with van der Waals surface area (Å²) >= 11 is 5.95. The average Bonchev–Trinajstić information content (AvgIpc) is 3.07. The van der Waals surface area contributed by atoms with Crippen molar-refractivity contribution in [1.82, 2.24) is 4.90 Å². The molecular formula is C16H26ClNO. The standard InChI is InChI=1S/C16H26ClNO/c17-8-9-18(14-4-2-1-3-5-14)16(19)15-11-12-6-7-13(15)10-12/h12-15H,1-11H2. The molecule has 0 aliphatic heterocycles. The Kier molecular flexibility index (Phi) is 4.36. The number of hydrogen-bond acceptors (Lipinski definition) is 1. The minimum atomic E-state index is 0.337. The van der Waals surface area contributed by atoms with Crippen LogP contribution in [-0.4, -0.2) is 29.3 Å². The first kappa shape index (κ1) is 13.7. The summed E-state index contributed by atoms with van der Waals surface area (Å²) in [6.45, 7) is 0.763. The second kappa shape index (κ2) is 6.03. The first-order chi connectivity index (χ1) is 9.29. The topological polar surface area (TPSA) is 20.3 Å². The molecule has 3 fully saturated rings. The van der Waals surface area contributed by atoms with E-state index in [1.165, 1.54) is 51.4 Å². The van der Waals surface area contributed by atoms with Crippen molar-refractivity contribution in [2.24, 2.45) is 17.8 Å². The van der Waals surface area contributed by atoms with Gasteiger partial charge in [-0.3, -0.25) is 4.79 Å². The van der Waals surface area contributed by atoms with Crippen molar-refractivity contribution >= 4 is 17.5 Å². The molecule has 3 aliphatic rings. The van der Waals surface area contributed by atoms with Gasteiger partial charge in [-0.1, -0.05) is 25.7 Å². The molecule has 3 rings (SSSR count). The Morgan fingerprint density at radius 1 is 1.05 bits per heavy atom. The normalized spacial score (nSPS) is 34.7. The van der Waals surface area contributed by atoms with Gasteiger partial charge in [0.05, 0.1) is 0 Å². The molecule has 0 saturated heterocycles. The zero-order valence-corrected chi connectivity index (χ0v) is 12.6. The van der Waals surface area contributed by atoms with Gasteiger partial charge in [0.15, 0.2) is 0 Å². The van der Waals surface area contributed by atoms with E-state index in [9.17, 15) is 4.79 Å². The lowest BCUT2D eigenvalue weighted by atomic mass is 9.86. The zero-order chi connectivity index (χ0) is 13.2. The second-order valence-electron chi connectivity index (χ2n) is 6.79. The molecule has 2 bridgehead atoms. The Hall–Kier alpha value is -0.240. The van der Waals surface area contributed by atoms with Gasteiger partial charge in [-0.2, -0.15) is 0 Å². The third kappa shape index (κ3) is 2.79. The monoisotopic (exact) mass is 283 g/mol. The highest BCUT2D eigenvalue weighted by molar-refractivity contribution is 6.18. The molecule has 3 atom stereocenters. The number of alkyl halides is 1. The van der Waals surface area contributed by atoms with Gasteiger partial charge in [0.25, 0.3) is 0 Å². The number of carbonyl (C=O) groups excluding carboxylic acids is 1. The van der Waals surface area contributed by atoms with Crippen LogP contribution in [0, 0.1) is 17.8 Å². The van der Waals surface area contributed by atoms with Crippen LogP contribution in [-0.2, 0) is 4.79 Å². The maximum Gasteiger partial charge on any atom is 0.226 e. The summed E-state index contributed by atoms with van der Waals surface area (Å²) in [4.78, 5) is 15.1. The van der Waals surface area contributed by atoms with Crippen molar-refractivity contribution in [2.75, 3.05) is 12.4 Å². The quantitative estimate of drug-likeness (QED) is 0.718. The Morgan fingerprint density at radius 3 is 2.42 bits per heavy atom. The number of carbonyl (C=O) groups is 1. The minimum absolute atomic E-state index is 0.337. The van der Waals surface area contributed by atoms with E-state index in [4.69, 9.17) is 11.6 Å². The molecule has 3 unspecified atom stereocenters. The summed E-state index contributed by atoms with van der Waals surface area (Å²) < 4.78 is 0. The maximum absolute atomic E-state index is 12.9. The van der Waals surface area contributed by atoms with E-state index in [2.05, 4.69) is 4.90 Å². The highest BCUT2D eigenvalue weighted by Gasteiger charge is 2.45. The van der Waals surface area contributed by atoms with Crippen molar-refractivity contribution in [2.45, 2.75) is 63.8 Å². The molecule has 1 amide bonds. The summed E-state index contributed by atoms with van der Waals surface area (Å²) in [6.07, 6.45) is 11.4. The van der Waals surface area contributed by atoms with Crippen molar-refractivity contribution < 1.29 is 4.79 Å². The predicted molar refractivity (Wildman–Crippen MR) is 78.2 cm³/mol. The SMILES string of the molecule is O=C(C1CC2CCC1C2)N(CCCl)C1CCCCC1. The fourth-order valence-corrected chi connectivity index (χ4v) is 4.90. The van der Waals surface area contributed by atoms with Gasteiger partial charge in [-0.15, -0.1) is 11.6 Å². The van der Waals surface area contributed by atoms with Gasteiger partial charge < -0.3 is 4.90 Å². The molecule has 2 nitrogen and oxygen atoms in total. The molecule has 108 valence electrons. The van der Waals surface area contributed by atoms with E-state index < -0.39 is 0 Å². The van der Waals surface area contributed by atoms with Crippen LogP contribution in [0.15, 0.2) is 0 Å². The number of rotatable bonds is 4. The molecule has 0 aromatic carbocycles. The minimum Gasteiger partial charge on any atom is -0.338 e. The fourth-order valence-electron chi connectivity index (χ4n) is 4.72. The van der Waals surface area contributed by atoms with Gasteiger partial charge in [-0.05, 0) is 43.9 Å². The number of amides is 1. The van der Waals surface area contributed by atoms with E-state index in [1.807, 2.05) is 0 Å². The summed E-state index contributed by atoms with van der Waals surface area (Å²) in [5.74, 6) is 2.91. The largest absolute Gasteiger partial charge is 0.338 e. The highest BCUT2D eigenvalue weighted by atomic mass is 35.5. The van der Waals surface area contributed by atoms with Crippen LogP contribution >= 0.6 is 11.6 Å². The van der Waals surface area contributed by atoms with E-state index in [1.54, 1.807) is 0 Å². The van der Waals surface area contributed by atoms with Crippen LogP contribution in [0.1, 0.15) is 57.8 Å². The Bertz CT molecular complexity index is 327. The number of halogens is 1. The maximum atomic E-state index is 12.9. The van der Waals surface area contributed by atoms with E-state index in [0.717, 1.165) is 18.9 Å². The predicted octanol–water partition coefficient (Wildman–Crippen LogP) is 3.82. The Balaban J connectivity index is 1.66. The molecule has 0 spiro atoms. The highest BCUT2D eigenvalue weighted by Crippen LogP contribution is 2.49. The molecule has 3 saturated carbocycles. The molecule has 0 aromatic rings. The van der Waals surface area contributed by atoms with E-state index in [0.29, 0.717) is 29.7 Å². The van der Waals surface area contributed by atoms with Crippen LogP contribution in [0.5, 0.6) is 0 Å². The van der Waals surface area contributed by atoms with Crippen molar-refractivity contribution in [1.29, 1.82) is 0 Å². The van der Waals surface area contributed by atoms with E-state index >= 15 is 0 Å². The first-order valence-corrected chi connectivity index (χ1v) is 8.69. The molecule has 19 heavy (non-hydrogen) atoms. The second-order valence-corrected chi connectivity index (χ2v) is 7.17. The zero-order valence-electron chi connectivity index (χ0n) is 11.8. The lowest BCUT2D eigenvalue weighted by Gasteiger charge is -2.37. The van der Waals surface area contributed by atoms with Gasteiger partial charge in [-0.25, -0.2) is 0 Å². The smallest absolute Gasteiger partial charge is 0.226 e. The van der Waals surface area contributed by atoms with Crippen LogP contribution in [0.4, 0.5) is 0 Å². The molecular weight excluding hydrogens is 258 g/mol. The van der Waals surface area contributed by atoms with Crippen LogP contribution in [0.2, 0.25) is 0 Å². The molecule has 0 N–H and O–H groups in total. The Labute approximate surface area is 121 Å². The fraction of sp³-hybridized carbons (Fsp3) is 0.938. The first-order valence-electron chi connectivity index (χ1n) is 8.16. The van der Waals surface area contributed by atoms with Gasteiger partial charge in [0.2, 0.25) is 5.91 Å². The van der Waals surface area contributed by atoms with Gasteiger partial charge >= 0.3 is 0 Å². The van der Waals surface area contributed by atoms with Crippen LogP contribution in [0.25, 0.3) is 0 Å². The van der Waals surface area contributed by atoms with Crippen LogP contribution < -0.4 is 0 Å². The van der Waals surface area contributed by atoms with Gasteiger partial charge in [0.1, 0.15) is 0 Å². The molecule has 0 aromatic heterocycles. The third-order valence-electron chi connectivity index (χ3n) is 5.68. The average molecular weight is 284 g/mol. The lowest BCUT2D eigenvalue weighted by molar-refractivity contribution is -0.140. The molecule has 3 aliphatic carbocycles. The van der Waals surface area contributed by atoms with E-state index in [-0.39, 0.29) is 0 Å². The summed E-state index contributed by atoms with van der Waals surface area (Å²) in [7, 11) is 0. The number of nitrogens with zero attached hydrogens (tertiary/aromatic N) is 1. The third-order valence-corrected chi connectivity index (χ3v) is 5.85. The molecule has 0 radical (unpaired) electrons.